The zero-order valence-corrected chi connectivity index (χ0v) is 25.5. The molecule has 1 aliphatic rings. The fraction of sp³-hybridized carbons (Fsp3) is 0.548. The Balaban J connectivity index is 1.74. The predicted octanol–water partition coefficient (Wildman–Crippen LogP) is 6.87. The van der Waals surface area contributed by atoms with Crippen LogP contribution in [0.5, 0.6) is 0 Å². The summed E-state index contributed by atoms with van der Waals surface area (Å²) in [5.41, 5.74) is -5.13. The van der Waals surface area contributed by atoms with Gasteiger partial charge in [-0.25, -0.2) is 4.79 Å². The zero-order chi connectivity index (χ0) is 33.1. The highest BCUT2D eigenvalue weighted by molar-refractivity contribution is 5.89. The van der Waals surface area contributed by atoms with Crippen LogP contribution in [0.15, 0.2) is 48.5 Å². The van der Waals surface area contributed by atoms with E-state index in [0.29, 0.717) is 25.0 Å². The van der Waals surface area contributed by atoms with Crippen LogP contribution in [0.1, 0.15) is 82.7 Å². The third kappa shape index (κ3) is 9.34. The van der Waals surface area contributed by atoms with Crippen molar-refractivity contribution < 1.29 is 45.4 Å². The van der Waals surface area contributed by atoms with E-state index in [4.69, 9.17) is 9.47 Å². The van der Waals surface area contributed by atoms with Gasteiger partial charge in [0.15, 0.2) is 0 Å². The van der Waals surface area contributed by atoms with Crippen LogP contribution in [0.4, 0.5) is 31.1 Å². The molecule has 2 aromatic carbocycles. The zero-order valence-electron chi connectivity index (χ0n) is 25.5. The number of hydrogen-bond donors (Lipinski definition) is 3. The Labute approximate surface area is 253 Å². The van der Waals surface area contributed by atoms with E-state index >= 15 is 0 Å². The molecule has 0 aromatic heterocycles. The molecule has 0 radical (unpaired) electrons. The number of piperidine rings is 1. The van der Waals surface area contributed by atoms with Crippen LogP contribution < -0.4 is 16.0 Å². The van der Waals surface area contributed by atoms with E-state index in [1.807, 2.05) is 30.3 Å². The largest absolute Gasteiger partial charge is 0.444 e. The lowest BCUT2D eigenvalue weighted by molar-refractivity contribution is -0.143. The third-order valence-electron chi connectivity index (χ3n) is 7.31. The molecule has 1 fully saturated rings. The van der Waals surface area contributed by atoms with E-state index in [1.165, 1.54) is 6.92 Å². The maximum atomic E-state index is 13.4. The Bertz CT molecular complexity index is 1270. The number of amides is 2. The van der Waals surface area contributed by atoms with Crippen LogP contribution in [0.2, 0.25) is 0 Å². The smallest absolute Gasteiger partial charge is 0.416 e. The fourth-order valence-electron chi connectivity index (χ4n) is 4.82. The van der Waals surface area contributed by atoms with E-state index in [9.17, 15) is 35.9 Å². The van der Waals surface area contributed by atoms with Crippen molar-refractivity contribution in [3.63, 3.8) is 0 Å². The summed E-state index contributed by atoms with van der Waals surface area (Å²) < 4.78 is 91.7. The van der Waals surface area contributed by atoms with Crippen molar-refractivity contribution in [3.8, 4) is 0 Å². The Morgan fingerprint density at radius 2 is 1.52 bits per heavy atom. The molecule has 3 atom stereocenters. The van der Waals surface area contributed by atoms with Gasteiger partial charge in [-0.15, -0.1) is 0 Å². The third-order valence-corrected chi connectivity index (χ3v) is 7.31. The molecule has 0 aliphatic carbocycles. The second-order valence-corrected chi connectivity index (χ2v) is 12.6. The highest BCUT2D eigenvalue weighted by Gasteiger charge is 2.41. The average molecular weight is 632 g/mol. The van der Waals surface area contributed by atoms with E-state index in [-0.39, 0.29) is 30.8 Å². The monoisotopic (exact) mass is 631 g/mol. The number of alkyl halides is 6. The summed E-state index contributed by atoms with van der Waals surface area (Å²) in [5, 5.41) is 8.88. The first-order chi connectivity index (χ1) is 20.1. The molecule has 1 aliphatic heterocycles. The molecule has 0 unspecified atom stereocenters. The Morgan fingerprint density at radius 3 is 2.00 bits per heavy atom. The van der Waals surface area contributed by atoms with Crippen molar-refractivity contribution in [2.45, 2.75) is 95.6 Å². The van der Waals surface area contributed by atoms with Crippen LogP contribution in [0.3, 0.4) is 0 Å². The minimum atomic E-state index is -4.97. The number of alkyl carbamates (subject to hydrolysis) is 1. The molecule has 13 heteroatoms. The Kier molecular flexibility index (Phi) is 10.4. The molecule has 0 saturated carbocycles. The summed E-state index contributed by atoms with van der Waals surface area (Å²) in [6.45, 7) is 9.82. The fourth-order valence-corrected chi connectivity index (χ4v) is 4.82. The van der Waals surface area contributed by atoms with Crippen molar-refractivity contribution in [2.75, 3.05) is 13.2 Å². The van der Waals surface area contributed by atoms with Crippen LogP contribution in [0.25, 0.3) is 0 Å². The minimum Gasteiger partial charge on any atom is -0.444 e. The highest BCUT2D eigenvalue weighted by atomic mass is 19.4. The number of carbonyl (C=O) groups excluding carboxylic acids is 2. The van der Waals surface area contributed by atoms with E-state index in [1.54, 1.807) is 34.6 Å². The van der Waals surface area contributed by atoms with Crippen molar-refractivity contribution in [2.24, 2.45) is 0 Å². The van der Waals surface area contributed by atoms with Crippen LogP contribution in [-0.4, -0.2) is 42.3 Å². The summed E-state index contributed by atoms with van der Waals surface area (Å²) in [7, 11) is 0. The molecule has 0 bridgehead atoms. The summed E-state index contributed by atoms with van der Waals surface area (Å²) >= 11 is 0. The maximum Gasteiger partial charge on any atom is 0.416 e. The second kappa shape index (κ2) is 13.0. The van der Waals surface area contributed by atoms with Crippen LogP contribution in [0, 0.1) is 0 Å². The van der Waals surface area contributed by atoms with Gasteiger partial charge in [0, 0.05) is 12.6 Å². The topological polar surface area (TPSA) is 88.7 Å². The molecular formula is C31H39F6N3O4. The summed E-state index contributed by atoms with van der Waals surface area (Å²) in [4.78, 5) is 25.3. The van der Waals surface area contributed by atoms with Gasteiger partial charge in [0.2, 0.25) is 5.91 Å². The molecule has 3 rings (SSSR count). The molecule has 2 amide bonds. The molecule has 244 valence electrons. The van der Waals surface area contributed by atoms with Crippen molar-refractivity contribution in [1.82, 2.24) is 16.0 Å². The van der Waals surface area contributed by atoms with Crippen LogP contribution in [-0.2, 0) is 32.2 Å². The standard InChI is InChI=1S/C31H39F6N3O4/c1-19(20-14-22(30(32,33)34)16-23(15-20)31(35,36)37)43-18-29(21-10-8-7-9-11-21)13-12-24(17-38-29)39-25(41)28(5,6)40-26(42)44-27(2,3)4/h7-11,14-16,19,24,38H,12-13,17-18H2,1-6H3,(H,39,41)(H,40,42)/t19-,24+,29-/m1/s1. The van der Waals surface area contributed by atoms with E-state index in [0.717, 1.165) is 5.56 Å². The molecule has 7 nitrogen and oxygen atoms in total. The summed E-state index contributed by atoms with van der Waals surface area (Å²) in [6.07, 6.45) is -10.9. The number of carbonyl (C=O) groups is 2. The molecule has 1 saturated heterocycles. The number of nitrogens with one attached hydrogen (secondary N) is 3. The first kappa shape index (κ1) is 35.2. The molecule has 44 heavy (non-hydrogen) atoms. The van der Waals surface area contributed by atoms with Gasteiger partial charge in [-0.2, -0.15) is 26.3 Å². The van der Waals surface area contributed by atoms with Crippen molar-refractivity contribution in [1.29, 1.82) is 0 Å². The normalized spacial score (nSPS) is 20.5. The molecule has 0 spiro atoms. The lowest BCUT2D eigenvalue weighted by Gasteiger charge is -2.43. The van der Waals surface area contributed by atoms with E-state index < -0.39 is 58.3 Å². The number of benzene rings is 2. The van der Waals surface area contributed by atoms with Gasteiger partial charge in [0.25, 0.3) is 0 Å². The van der Waals surface area contributed by atoms with Gasteiger partial charge >= 0.3 is 18.4 Å². The number of hydrogen-bond acceptors (Lipinski definition) is 5. The van der Waals surface area contributed by atoms with Gasteiger partial charge in [0.1, 0.15) is 11.1 Å². The number of ether oxygens (including phenoxy) is 2. The highest BCUT2D eigenvalue weighted by Crippen LogP contribution is 2.39. The average Bonchev–Trinajstić information content (AvgIpc) is 2.90. The van der Waals surface area contributed by atoms with Gasteiger partial charge in [-0.3, -0.25) is 4.79 Å². The minimum absolute atomic E-state index is 0.0673. The molecular weight excluding hydrogens is 592 g/mol. The number of rotatable bonds is 8. The lowest BCUT2D eigenvalue weighted by Crippen LogP contribution is -2.61. The lowest BCUT2D eigenvalue weighted by atomic mass is 9.81. The predicted molar refractivity (Wildman–Crippen MR) is 152 cm³/mol. The first-order valence-corrected chi connectivity index (χ1v) is 14.1. The molecule has 3 N–H and O–H groups in total. The van der Waals surface area contributed by atoms with Crippen molar-refractivity contribution in [3.05, 3.63) is 70.8 Å². The van der Waals surface area contributed by atoms with Gasteiger partial charge in [0.05, 0.1) is 29.4 Å². The summed E-state index contributed by atoms with van der Waals surface area (Å²) in [6, 6.07) is 10.2. The van der Waals surface area contributed by atoms with E-state index in [2.05, 4.69) is 16.0 Å². The van der Waals surface area contributed by atoms with Gasteiger partial charge in [-0.1, -0.05) is 30.3 Å². The quantitative estimate of drug-likeness (QED) is 0.277. The maximum absolute atomic E-state index is 13.4. The first-order valence-electron chi connectivity index (χ1n) is 14.1. The van der Waals surface area contributed by atoms with Crippen LogP contribution >= 0.6 is 0 Å². The molecule has 2 aromatic rings. The Hall–Kier alpha value is -3.32. The Morgan fingerprint density at radius 1 is 0.955 bits per heavy atom. The van der Waals surface area contributed by atoms with Gasteiger partial charge < -0.3 is 25.4 Å². The van der Waals surface area contributed by atoms with Crippen molar-refractivity contribution >= 4 is 12.0 Å². The SMILES string of the molecule is C[C@@H](OC[C@@]1(c2ccccc2)CC[C@H](NC(=O)C(C)(C)NC(=O)OC(C)(C)C)CN1)c1cc(C(F)(F)F)cc(C(F)(F)F)c1. The van der Waals surface area contributed by atoms with Gasteiger partial charge in [-0.05, 0) is 83.7 Å². The second-order valence-electron chi connectivity index (χ2n) is 12.6. The molecule has 1 heterocycles. The number of halogens is 6. The summed E-state index contributed by atoms with van der Waals surface area (Å²) in [5.74, 6) is -0.433.